The molecule has 0 saturated heterocycles. The predicted molar refractivity (Wildman–Crippen MR) is 108 cm³/mol. The molecule has 0 heterocycles. The Kier molecular flexibility index (Phi) is 7.53. The van der Waals surface area contributed by atoms with Gasteiger partial charge in [0.25, 0.3) is 10.1 Å². The summed E-state index contributed by atoms with van der Waals surface area (Å²) >= 11 is 0. The number of para-hydroxylation sites is 1. The van der Waals surface area contributed by atoms with Gasteiger partial charge in [0.1, 0.15) is 18.1 Å². The summed E-state index contributed by atoms with van der Waals surface area (Å²) in [6, 6.07) is 16.3. The fourth-order valence-corrected chi connectivity index (χ4v) is 4.29. The van der Waals surface area contributed by atoms with Crippen LogP contribution < -0.4 is 4.74 Å². The molecule has 3 rings (SSSR count). The number of esters is 1. The summed E-state index contributed by atoms with van der Waals surface area (Å²) in [6.07, 6.45) is 0. The third-order valence-electron chi connectivity index (χ3n) is 5.04. The molecule has 2 N–H and O–H groups in total. The molecule has 1 saturated carbocycles. The van der Waals surface area contributed by atoms with E-state index in [-0.39, 0.29) is 36.2 Å². The van der Waals surface area contributed by atoms with Gasteiger partial charge in [0.2, 0.25) is 0 Å². The van der Waals surface area contributed by atoms with E-state index in [9.17, 15) is 18.3 Å². The molecule has 1 aliphatic carbocycles. The van der Waals surface area contributed by atoms with Crippen LogP contribution in [0.25, 0.3) is 0 Å². The quantitative estimate of drug-likeness (QED) is 0.394. The van der Waals surface area contributed by atoms with E-state index in [2.05, 4.69) is 0 Å². The average molecular weight is 430 g/mol. The minimum absolute atomic E-state index is 0. The van der Waals surface area contributed by atoms with Crippen LogP contribution in [-0.2, 0) is 26.3 Å². The van der Waals surface area contributed by atoms with E-state index >= 15 is 0 Å². The van der Waals surface area contributed by atoms with Crippen molar-refractivity contribution < 1.29 is 32.3 Å². The molecule has 0 radical (unpaired) electrons. The number of aliphatic hydroxyl groups excluding tert-OH is 1. The van der Waals surface area contributed by atoms with E-state index in [1.807, 2.05) is 30.3 Å². The van der Waals surface area contributed by atoms with Crippen LogP contribution in [0.2, 0.25) is 0 Å². The number of benzene rings is 2. The summed E-state index contributed by atoms with van der Waals surface area (Å²) in [7, 11) is -4.65. The molecule has 2 aromatic carbocycles. The van der Waals surface area contributed by atoms with E-state index in [0.717, 1.165) is 0 Å². The molecule has 3 unspecified atom stereocenters. The number of ether oxygens (including phenoxy) is 2. The summed E-state index contributed by atoms with van der Waals surface area (Å²) in [5, 5.41) is 9.78. The number of carbonyl (C=O) groups excluding carboxylic acids is 1. The Morgan fingerprint density at radius 2 is 1.72 bits per heavy atom. The minimum atomic E-state index is -4.65. The van der Waals surface area contributed by atoms with Crippen molar-refractivity contribution in [3.8, 4) is 11.5 Å². The van der Waals surface area contributed by atoms with Crippen molar-refractivity contribution in [2.24, 2.45) is 17.3 Å². The second kappa shape index (κ2) is 9.16. The molecular weight excluding hydrogens is 407 g/mol. The SMILES string of the molecule is CC1(C)C(C(=O)OCc2cccc(Oc3ccccc3)c2)C1C(O)S(=O)(=O)O.[NaH]. The fraction of sp³-hybridized carbons (Fsp3) is 0.350. The molecule has 29 heavy (non-hydrogen) atoms. The molecule has 3 atom stereocenters. The third-order valence-corrected chi connectivity index (χ3v) is 5.94. The number of carbonyl (C=O) groups is 1. The van der Waals surface area contributed by atoms with Crippen molar-refractivity contribution in [3.05, 3.63) is 60.2 Å². The van der Waals surface area contributed by atoms with Gasteiger partial charge in [-0.2, -0.15) is 8.42 Å². The molecular formula is C20H23NaO7S. The number of aliphatic hydroxyl groups is 1. The number of hydrogen-bond donors (Lipinski definition) is 2. The predicted octanol–water partition coefficient (Wildman–Crippen LogP) is 2.35. The van der Waals surface area contributed by atoms with Gasteiger partial charge in [0, 0.05) is 5.92 Å². The van der Waals surface area contributed by atoms with Gasteiger partial charge in [0.05, 0.1) is 5.92 Å². The van der Waals surface area contributed by atoms with Gasteiger partial charge in [-0.05, 0) is 35.2 Å². The molecule has 1 aliphatic rings. The van der Waals surface area contributed by atoms with Gasteiger partial charge in [-0.1, -0.05) is 44.2 Å². The van der Waals surface area contributed by atoms with Crippen LogP contribution in [-0.4, -0.2) is 59.0 Å². The first kappa shape index (κ1) is 23.9. The normalized spacial score (nSPS) is 20.8. The Morgan fingerprint density at radius 3 is 2.34 bits per heavy atom. The van der Waals surface area contributed by atoms with Crippen molar-refractivity contribution in [1.82, 2.24) is 0 Å². The zero-order chi connectivity index (χ0) is 20.5. The van der Waals surface area contributed by atoms with Gasteiger partial charge in [-0.15, -0.1) is 0 Å². The molecule has 0 amide bonds. The third kappa shape index (κ3) is 5.59. The Morgan fingerprint density at radius 1 is 1.10 bits per heavy atom. The van der Waals surface area contributed by atoms with Crippen LogP contribution in [0, 0.1) is 17.3 Å². The van der Waals surface area contributed by atoms with Gasteiger partial charge >= 0.3 is 35.5 Å². The van der Waals surface area contributed by atoms with E-state index in [1.54, 1.807) is 38.1 Å². The first-order chi connectivity index (χ1) is 13.1. The fourth-order valence-electron chi connectivity index (χ4n) is 3.41. The van der Waals surface area contributed by atoms with E-state index in [1.165, 1.54) is 0 Å². The van der Waals surface area contributed by atoms with Gasteiger partial charge < -0.3 is 14.6 Å². The van der Waals surface area contributed by atoms with E-state index in [4.69, 9.17) is 14.0 Å². The van der Waals surface area contributed by atoms with Gasteiger partial charge in [0.15, 0.2) is 5.44 Å². The number of hydrogen-bond acceptors (Lipinski definition) is 6. The summed E-state index contributed by atoms with van der Waals surface area (Å²) in [5.74, 6) is -1.08. The van der Waals surface area contributed by atoms with Gasteiger partial charge in [-0.25, -0.2) is 0 Å². The van der Waals surface area contributed by atoms with Crippen molar-refractivity contribution in [2.75, 3.05) is 0 Å². The molecule has 152 valence electrons. The first-order valence-electron chi connectivity index (χ1n) is 8.73. The van der Waals surface area contributed by atoms with E-state index < -0.39 is 38.8 Å². The van der Waals surface area contributed by atoms with Crippen LogP contribution in [0.3, 0.4) is 0 Å². The second-order valence-electron chi connectivity index (χ2n) is 7.40. The van der Waals surface area contributed by atoms with Crippen LogP contribution >= 0.6 is 0 Å². The average Bonchev–Trinajstić information content (AvgIpc) is 3.21. The summed E-state index contributed by atoms with van der Waals surface area (Å²) in [6.45, 7) is 3.27. The molecule has 0 spiro atoms. The van der Waals surface area contributed by atoms with Gasteiger partial charge in [-0.3, -0.25) is 9.35 Å². The molecule has 0 bridgehead atoms. The van der Waals surface area contributed by atoms with E-state index in [0.29, 0.717) is 17.1 Å². The van der Waals surface area contributed by atoms with Crippen LogP contribution in [0.1, 0.15) is 19.4 Å². The van der Waals surface area contributed by atoms with Crippen LogP contribution in [0.5, 0.6) is 11.5 Å². The standard InChI is InChI=1S/C20H22O7S.Na.H/c1-20(2)16(17(20)19(22)28(23,24)25)18(21)26-12-13-7-6-10-15(11-13)27-14-8-4-3-5-9-14;;/h3-11,16-17,19,22H,12H2,1-2H3,(H,23,24,25);;. The summed E-state index contributed by atoms with van der Waals surface area (Å²) in [4.78, 5) is 12.4. The topological polar surface area (TPSA) is 110 Å². The Balaban J connectivity index is 0.00000300. The summed E-state index contributed by atoms with van der Waals surface area (Å²) < 4.78 is 42.4. The molecule has 1 fully saturated rings. The maximum absolute atomic E-state index is 12.4. The zero-order valence-electron chi connectivity index (χ0n) is 15.5. The van der Waals surface area contributed by atoms with Crippen molar-refractivity contribution in [2.45, 2.75) is 25.9 Å². The monoisotopic (exact) mass is 430 g/mol. The van der Waals surface area contributed by atoms with Crippen LogP contribution in [0.15, 0.2) is 54.6 Å². The molecule has 2 aromatic rings. The molecule has 0 aliphatic heterocycles. The Bertz CT molecular complexity index is 960. The Hall–Kier alpha value is -1.42. The Labute approximate surface area is 192 Å². The molecule has 7 nitrogen and oxygen atoms in total. The van der Waals surface area contributed by atoms with Crippen molar-refractivity contribution in [3.63, 3.8) is 0 Å². The molecule has 0 aromatic heterocycles. The van der Waals surface area contributed by atoms with Crippen LogP contribution in [0.4, 0.5) is 0 Å². The number of rotatable bonds is 7. The summed E-state index contributed by atoms with van der Waals surface area (Å²) in [5.41, 5.74) is -2.10. The maximum atomic E-state index is 12.4. The first-order valence-corrected chi connectivity index (χ1v) is 10.2. The molecule has 9 heteroatoms. The van der Waals surface area contributed by atoms with Crippen molar-refractivity contribution >= 4 is 45.6 Å². The van der Waals surface area contributed by atoms with Crippen molar-refractivity contribution in [1.29, 1.82) is 0 Å². The second-order valence-corrected chi connectivity index (χ2v) is 8.91. The zero-order valence-corrected chi connectivity index (χ0v) is 16.3.